The van der Waals surface area contributed by atoms with Gasteiger partial charge in [0.25, 0.3) is 11.8 Å². The molecule has 0 aromatic heterocycles. The summed E-state index contributed by atoms with van der Waals surface area (Å²) < 4.78 is 10.3. The first kappa shape index (κ1) is 27.9. The summed E-state index contributed by atoms with van der Waals surface area (Å²) in [5, 5.41) is 11.6. The molecular formula is C26H21ClN2O9S. The summed E-state index contributed by atoms with van der Waals surface area (Å²) in [7, 11) is 0. The minimum Gasteiger partial charge on any atom is -0.478 e. The fourth-order valence-corrected chi connectivity index (χ4v) is 5.43. The predicted molar refractivity (Wildman–Crippen MR) is 138 cm³/mol. The van der Waals surface area contributed by atoms with E-state index < -0.39 is 53.5 Å². The average molecular weight is 573 g/mol. The monoisotopic (exact) mass is 572 g/mol. The maximum Gasteiger partial charge on any atom is 0.355 e. The van der Waals surface area contributed by atoms with Crippen molar-refractivity contribution < 1.29 is 43.3 Å². The molecule has 0 saturated carbocycles. The molecule has 4 rings (SSSR count). The van der Waals surface area contributed by atoms with E-state index in [9.17, 15) is 33.9 Å². The maximum atomic E-state index is 13.1. The van der Waals surface area contributed by atoms with Gasteiger partial charge in [-0.3, -0.25) is 24.1 Å². The molecule has 1 saturated heterocycles. The van der Waals surface area contributed by atoms with E-state index in [4.69, 9.17) is 21.1 Å². The van der Waals surface area contributed by atoms with E-state index >= 15 is 0 Å². The summed E-state index contributed by atoms with van der Waals surface area (Å²) >= 11 is 7.05. The van der Waals surface area contributed by atoms with Gasteiger partial charge in [-0.25, -0.2) is 9.59 Å². The predicted octanol–water partition coefficient (Wildman–Crippen LogP) is 2.30. The van der Waals surface area contributed by atoms with Crippen LogP contribution in [0.2, 0.25) is 5.02 Å². The number of benzene rings is 2. The van der Waals surface area contributed by atoms with Gasteiger partial charge in [0, 0.05) is 28.8 Å². The molecule has 1 fully saturated rings. The third-order valence-electron chi connectivity index (χ3n) is 5.88. The van der Waals surface area contributed by atoms with Crippen molar-refractivity contribution in [3.05, 3.63) is 81.5 Å². The molecule has 2 aromatic rings. The number of ketones is 1. The number of carbonyl (C=O) groups excluding carboxylic acids is 5. The standard InChI is InChI=1S/C26H21ClN2O9S/c1-13(30)37-10-15-12-39-24-20(28-22(32)17-4-2-3-5-18(17)25(34)35)23(33)29(24)21(15)26(36)38-11-19(31)14-6-8-16(27)9-7-14/h2-9,20,24H,10-12H2,1H3,(H,28,32)(H,34,35)/t20?,24-/m1/s1. The van der Waals surface area contributed by atoms with Crippen molar-refractivity contribution >= 4 is 58.9 Å². The van der Waals surface area contributed by atoms with E-state index in [1.165, 1.54) is 67.2 Å². The van der Waals surface area contributed by atoms with Crippen LogP contribution in [0.1, 0.15) is 38.0 Å². The Hall–Kier alpha value is -4.16. The van der Waals surface area contributed by atoms with Gasteiger partial charge in [0.1, 0.15) is 23.7 Å². The summed E-state index contributed by atoms with van der Waals surface area (Å²) in [5.74, 6) is -4.62. The summed E-state index contributed by atoms with van der Waals surface area (Å²) in [6.45, 7) is 0.297. The number of Topliss-reactive ketones (excluding diaryl/α,β-unsaturated/α-hetero) is 1. The number of fused-ring (bicyclic) bond motifs is 1. The second-order valence-electron chi connectivity index (χ2n) is 8.45. The molecule has 0 spiro atoms. The lowest BCUT2D eigenvalue weighted by Crippen LogP contribution is -2.70. The van der Waals surface area contributed by atoms with Crippen LogP contribution in [0.15, 0.2) is 59.8 Å². The smallest absolute Gasteiger partial charge is 0.355 e. The van der Waals surface area contributed by atoms with Crippen molar-refractivity contribution in [3.63, 3.8) is 0 Å². The Morgan fingerprint density at radius 1 is 1.05 bits per heavy atom. The number of halogens is 1. The third kappa shape index (κ3) is 5.96. The van der Waals surface area contributed by atoms with Crippen molar-refractivity contribution in [2.45, 2.75) is 18.3 Å². The molecule has 0 radical (unpaired) electrons. The summed E-state index contributed by atoms with van der Waals surface area (Å²) in [5.41, 5.74) is 0.0366. The van der Waals surface area contributed by atoms with Crippen molar-refractivity contribution in [1.29, 1.82) is 0 Å². The van der Waals surface area contributed by atoms with Crippen molar-refractivity contribution in [2.24, 2.45) is 0 Å². The van der Waals surface area contributed by atoms with Crippen LogP contribution < -0.4 is 5.32 Å². The van der Waals surface area contributed by atoms with Crippen molar-refractivity contribution in [3.8, 4) is 0 Å². The van der Waals surface area contributed by atoms with Crippen LogP contribution >= 0.6 is 23.4 Å². The van der Waals surface area contributed by atoms with Crippen LogP contribution in [0.25, 0.3) is 0 Å². The molecule has 0 bridgehead atoms. The molecule has 2 amide bonds. The van der Waals surface area contributed by atoms with Gasteiger partial charge in [0.05, 0.1) is 11.1 Å². The fourth-order valence-electron chi connectivity index (χ4n) is 3.98. The minimum atomic E-state index is -1.30. The number of nitrogens with zero attached hydrogens (tertiary/aromatic N) is 1. The van der Waals surface area contributed by atoms with E-state index in [-0.39, 0.29) is 34.7 Å². The highest BCUT2D eigenvalue weighted by atomic mass is 35.5. The lowest BCUT2D eigenvalue weighted by molar-refractivity contribution is -0.151. The molecular weight excluding hydrogens is 552 g/mol. The van der Waals surface area contributed by atoms with Crippen LogP contribution in [0, 0.1) is 0 Å². The molecule has 2 atom stereocenters. The lowest BCUT2D eigenvalue weighted by Gasteiger charge is -2.49. The minimum absolute atomic E-state index is 0.122. The number of amides is 2. The first-order valence-corrected chi connectivity index (χ1v) is 12.9. The molecule has 2 aromatic carbocycles. The number of β-lactam (4-membered cyclic amide) rings is 1. The van der Waals surface area contributed by atoms with Gasteiger partial charge in [0.15, 0.2) is 12.4 Å². The van der Waals surface area contributed by atoms with Crippen molar-refractivity contribution in [1.82, 2.24) is 10.2 Å². The molecule has 0 aliphatic carbocycles. The fraction of sp³-hybridized carbons (Fsp3) is 0.231. The molecule has 2 N–H and O–H groups in total. The van der Waals surface area contributed by atoms with Crippen LogP contribution in [-0.4, -0.2) is 75.9 Å². The van der Waals surface area contributed by atoms with Crippen LogP contribution in [0.5, 0.6) is 0 Å². The molecule has 39 heavy (non-hydrogen) atoms. The number of ether oxygens (including phenoxy) is 2. The molecule has 1 unspecified atom stereocenters. The van der Waals surface area contributed by atoms with Crippen LogP contribution in [-0.2, 0) is 23.9 Å². The van der Waals surface area contributed by atoms with E-state index in [2.05, 4.69) is 5.32 Å². The summed E-state index contributed by atoms with van der Waals surface area (Å²) in [6.07, 6.45) is 0. The number of aromatic carboxylic acids is 1. The zero-order chi connectivity index (χ0) is 28.3. The SMILES string of the molecule is CC(=O)OCC1=C(C(=O)OCC(=O)c2ccc(Cl)cc2)N2C(=O)C(NC(=O)c3ccccc3C(=O)O)[C@H]2SC1. The van der Waals surface area contributed by atoms with Crippen LogP contribution in [0.3, 0.4) is 0 Å². The number of carboxylic acid groups (broad SMARTS) is 1. The van der Waals surface area contributed by atoms with E-state index in [0.717, 1.165) is 4.90 Å². The highest BCUT2D eigenvalue weighted by Gasteiger charge is 2.54. The lowest BCUT2D eigenvalue weighted by atomic mass is 10.0. The van der Waals surface area contributed by atoms with Gasteiger partial charge < -0.3 is 19.9 Å². The van der Waals surface area contributed by atoms with Gasteiger partial charge in [-0.15, -0.1) is 11.8 Å². The van der Waals surface area contributed by atoms with E-state index in [1.54, 1.807) is 0 Å². The first-order valence-electron chi connectivity index (χ1n) is 11.5. The number of carbonyl (C=O) groups is 6. The zero-order valence-corrected chi connectivity index (χ0v) is 21.9. The van der Waals surface area contributed by atoms with Gasteiger partial charge >= 0.3 is 17.9 Å². The first-order chi connectivity index (χ1) is 18.6. The highest BCUT2D eigenvalue weighted by molar-refractivity contribution is 8.00. The van der Waals surface area contributed by atoms with Gasteiger partial charge in [-0.05, 0) is 36.4 Å². The number of esters is 2. The normalized spacial score (nSPS) is 18.0. The average Bonchev–Trinajstić information content (AvgIpc) is 2.92. The molecule has 2 heterocycles. The van der Waals surface area contributed by atoms with Crippen molar-refractivity contribution in [2.75, 3.05) is 19.0 Å². The Balaban J connectivity index is 1.51. The quantitative estimate of drug-likeness (QED) is 0.259. The molecule has 13 heteroatoms. The summed E-state index contributed by atoms with van der Waals surface area (Å²) in [6, 6.07) is 10.5. The van der Waals surface area contributed by atoms with Gasteiger partial charge in [0.2, 0.25) is 0 Å². The third-order valence-corrected chi connectivity index (χ3v) is 7.47. The van der Waals surface area contributed by atoms with E-state index in [0.29, 0.717) is 10.6 Å². The zero-order valence-electron chi connectivity index (χ0n) is 20.3. The Morgan fingerprint density at radius 2 is 1.72 bits per heavy atom. The number of hydrogen-bond donors (Lipinski definition) is 2. The number of carboxylic acids is 1. The topological polar surface area (TPSA) is 156 Å². The molecule has 202 valence electrons. The Bertz CT molecular complexity index is 1410. The van der Waals surface area contributed by atoms with Gasteiger partial charge in [-0.1, -0.05) is 23.7 Å². The molecule has 2 aliphatic rings. The highest BCUT2D eigenvalue weighted by Crippen LogP contribution is 2.41. The summed E-state index contributed by atoms with van der Waals surface area (Å²) in [4.78, 5) is 75.5. The Labute approximate surface area is 231 Å². The molecule has 2 aliphatic heterocycles. The second-order valence-corrected chi connectivity index (χ2v) is 9.99. The number of hydrogen-bond acceptors (Lipinski definition) is 9. The second kappa shape index (κ2) is 11.7. The van der Waals surface area contributed by atoms with Crippen LogP contribution in [0.4, 0.5) is 0 Å². The van der Waals surface area contributed by atoms with E-state index in [1.807, 2.05) is 0 Å². The molecule has 11 nitrogen and oxygen atoms in total. The number of rotatable bonds is 9. The Morgan fingerprint density at radius 3 is 2.36 bits per heavy atom. The largest absolute Gasteiger partial charge is 0.478 e. The number of thioether (sulfide) groups is 1. The maximum absolute atomic E-state index is 13.1. The van der Waals surface area contributed by atoms with Gasteiger partial charge in [-0.2, -0.15) is 0 Å². The number of nitrogens with one attached hydrogen (secondary N) is 1. The Kier molecular flexibility index (Phi) is 8.36.